The second kappa shape index (κ2) is 8.76. The average molecular weight is 433 g/mol. The summed E-state index contributed by atoms with van der Waals surface area (Å²) in [5, 5.41) is 0.337. The maximum Gasteiger partial charge on any atom is 0.233 e. The van der Waals surface area contributed by atoms with Crippen LogP contribution in [0, 0.1) is 11.7 Å². The number of amides is 2. The van der Waals surface area contributed by atoms with E-state index in [1.807, 2.05) is 23.1 Å². The predicted octanol–water partition coefficient (Wildman–Crippen LogP) is 4.05. The molecule has 1 aliphatic carbocycles. The van der Waals surface area contributed by atoms with Crippen molar-refractivity contribution in [3.63, 3.8) is 0 Å². The highest BCUT2D eigenvalue weighted by atomic mass is 35.5. The van der Waals surface area contributed by atoms with Gasteiger partial charge in [0, 0.05) is 42.0 Å². The van der Waals surface area contributed by atoms with Gasteiger partial charge in [0.1, 0.15) is 5.82 Å². The molecule has 2 atom stereocenters. The quantitative estimate of drug-likeness (QED) is 0.669. The third kappa shape index (κ3) is 4.75. The molecule has 1 saturated carbocycles. The Morgan fingerprint density at radius 3 is 2.41 bits per heavy atom. The van der Waals surface area contributed by atoms with Gasteiger partial charge in [0.2, 0.25) is 11.8 Å². The molecular formula is C22H22ClFN2O2S. The van der Waals surface area contributed by atoms with Gasteiger partial charge < -0.3 is 9.80 Å². The van der Waals surface area contributed by atoms with Gasteiger partial charge in [-0.2, -0.15) is 0 Å². The number of nitrogens with zero attached hydrogens (tertiary/aromatic N) is 2. The molecule has 7 heteroatoms. The molecule has 1 heterocycles. The molecule has 0 aromatic heterocycles. The highest BCUT2D eigenvalue weighted by molar-refractivity contribution is 8.00. The number of carbonyl (C=O) groups excluding carboxylic acids is 2. The zero-order valence-corrected chi connectivity index (χ0v) is 17.5. The molecule has 152 valence electrons. The number of piperazine rings is 1. The molecule has 0 radical (unpaired) electrons. The molecule has 4 rings (SSSR count). The van der Waals surface area contributed by atoms with Crippen molar-refractivity contribution in [3.05, 3.63) is 64.9 Å². The number of halogens is 2. The first kappa shape index (κ1) is 20.2. The summed E-state index contributed by atoms with van der Waals surface area (Å²) in [6.07, 6.45) is 0.908. The van der Waals surface area contributed by atoms with Crippen molar-refractivity contribution in [1.29, 1.82) is 0 Å². The average Bonchev–Trinajstić information content (AvgIpc) is 3.54. The summed E-state index contributed by atoms with van der Waals surface area (Å²) in [6.45, 7) is 2.17. The Morgan fingerprint density at radius 1 is 1.03 bits per heavy atom. The van der Waals surface area contributed by atoms with Gasteiger partial charge >= 0.3 is 0 Å². The van der Waals surface area contributed by atoms with Gasteiger partial charge in [-0.3, -0.25) is 9.59 Å². The number of hydrogen-bond donors (Lipinski definition) is 0. The second-order valence-corrected chi connectivity index (χ2v) is 8.88. The molecule has 0 unspecified atom stereocenters. The van der Waals surface area contributed by atoms with Crippen LogP contribution in [0.1, 0.15) is 17.9 Å². The summed E-state index contributed by atoms with van der Waals surface area (Å²) in [5.41, 5.74) is 1.23. The molecule has 2 aliphatic rings. The van der Waals surface area contributed by atoms with Crippen molar-refractivity contribution in [1.82, 2.24) is 9.80 Å². The normalized spacial score (nSPS) is 21.2. The number of thioether (sulfide) groups is 1. The number of benzene rings is 2. The van der Waals surface area contributed by atoms with Crippen molar-refractivity contribution < 1.29 is 14.0 Å². The minimum absolute atomic E-state index is 0.0370. The lowest BCUT2D eigenvalue weighted by molar-refractivity contribution is -0.139. The summed E-state index contributed by atoms with van der Waals surface area (Å²) >= 11 is 6.93. The Bertz CT molecular complexity index is 903. The van der Waals surface area contributed by atoms with Crippen molar-refractivity contribution in [2.75, 3.05) is 31.9 Å². The van der Waals surface area contributed by atoms with E-state index in [1.54, 1.807) is 17.0 Å². The van der Waals surface area contributed by atoms with Crippen LogP contribution < -0.4 is 0 Å². The Kier molecular flexibility index (Phi) is 6.11. The highest BCUT2D eigenvalue weighted by Gasteiger charge is 2.46. The minimum atomic E-state index is -0.414. The van der Waals surface area contributed by atoms with E-state index in [0.29, 0.717) is 42.0 Å². The van der Waals surface area contributed by atoms with E-state index in [1.165, 1.54) is 23.4 Å². The van der Waals surface area contributed by atoms with Crippen molar-refractivity contribution >= 4 is 35.2 Å². The highest BCUT2D eigenvalue weighted by Crippen LogP contribution is 2.48. The summed E-state index contributed by atoms with van der Waals surface area (Å²) in [4.78, 5) is 29.3. The first-order chi connectivity index (χ1) is 14.0. The third-order valence-corrected chi connectivity index (χ3v) is 6.79. The van der Waals surface area contributed by atoms with Gasteiger partial charge in [-0.15, -0.1) is 11.8 Å². The molecule has 0 spiro atoms. The van der Waals surface area contributed by atoms with Gasteiger partial charge in [-0.05, 0) is 36.1 Å². The fourth-order valence-electron chi connectivity index (χ4n) is 3.77. The van der Waals surface area contributed by atoms with E-state index in [0.717, 1.165) is 6.42 Å². The van der Waals surface area contributed by atoms with Gasteiger partial charge in [-0.1, -0.05) is 41.9 Å². The van der Waals surface area contributed by atoms with Gasteiger partial charge in [0.25, 0.3) is 0 Å². The summed E-state index contributed by atoms with van der Waals surface area (Å²) in [6, 6.07) is 14.6. The van der Waals surface area contributed by atoms with Gasteiger partial charge in [-0.25, -0.2) is 4.39 Å². The Balaban J connectivity index is 1.24. The molecule has 0 N–H and O–H groups in total. The molecular weight excluding hydrogens is 411 g/mol. The van der Waals surface area contributed by atoms with E-state index in [9.17, 15) is 14.0 Å². The number of hydrogen-bond acceptors (Lipinski definition) is 3. The summed E-state index contributed by atoms with van der Waals surface area (Å²) < 4.78 is 13.8. The maximum atomic E-state index is 13.8. The monoisotopic (exact) mass is 432 g/mol. The molecule has 2 aromatic rings. The molecule has 29 heavy (non-hydrogen) atoms. The van der Waals surface area contributed by atoms with Crippen LogP contribution in [0.4, 0.5) is 4.39 Å². The third-order valence-electron chi connectivity index (χ3n) is 5.52. The fourth-order valence-corrected chi connectivity index (χ4v) is 4.75. The maximum absolute atomic E-state index is 13.8. The Morgan fingerprint density at radius 2 is 1.72 bits per heavy atom. The molecule has 1 saturated heterocycles. The van der Waals surface area contributed by atoms with Gasteiger partial charge in [0.05, 0.1) is 5.75 Å². The first-order valence-corrected chi connectivity index (χ1v) is 11.1. The van der Waals surface area contributed by atoms with Crippen LogP contribution in [0.25, 0.3) is 0 Å². The van der Waals surface area contributed by atoms with Crippen molar-refractivity contribution in [2.24, 2.45) is 5.92 Å². The summed E-state index contributed by atoms with van der Waals surface area (Å²) in [7, 11) is 0. The molecule has 0 bridgehead atoms. The van der Waals surface area contributed by atoms with Crippen molar-refractivity contribution in [2.45, 2.75) is 17.2 Å². The largest absolute Gasteiger partial charge is 0.339 e. The van der Waals surface area contributed by atoms with E-state index < -0.39 is 5.82 Å². The molecule has 4 nitrogen and oxygen atoms in total. The van der Waals surface area contributed by atoms with Crippen LogP contribution in [-0.4, -0.2) is 53.5 Å². The number of rotatable bonds is 5. The fraction of sp³-hybridized carbons (Fsp3) is 0.364. The van der Waals surface area contributed by atoms with Crippen LogP contribution >= 0.6 is 23.4 Å². The first-order valence-electron chi connectivity index (χ1n) is 9.72. The molecule has 2 fully saturated rings. The predicted molar refractivity (Wildman–Crippen MR) is 113 cm³/mol. The van der Waals surface area contributed by atoms with E-state index in [2.05, 4.69) is 12.1 Å². The standard InChI is InChI=1S/C22H22ClFN2O2S/c23-16-6-7-20(19(24)12-16)29-14-21(27)25-8-10-26(11-9-25)22(28)18-13-17(18)15-4-2-1-3-5-15/h1-7,12,17-18H,8-11,13-14H2/t17-,18+/m0/s1. The van der Waals surface area contributed by atoms with Crippen LogP contribution in [-0.2, 0) is 9.59 Å². The summed E-state index contributed by atoms with van der Waals surface area (Å²) in [5.74, 6) is 0.319. The van der Waals surface area contributed by atoms with Crippen LogP contribution in [0.15, 0.2) is 53.4 Å². The Labute approximate surface area is 179 Å². The van der Waals surface area contributed by atoms with Crippen LogP contribution in [0.3, 0.4) is 0 Å². The topological polar surface area (TPSA) is 40.6 Å². The number of carbonyl (C=O) groups is 2. The van der Waals surface area contributed by atoms with E-state index in [-0.39, 0.29) is 23.5 Å². The van der Waals surface area contributed by atoms with E-state index >= 15 is 0 Å². The van der Waals surface area contributed by atoms with Gasteiger partial charge in [0.15, 0.2) is 0 Å². The molecule has 1 aliphatic heterocycles. The SMILES string of the molecule is O=C(CSc1ccc(Cl)cc1F)N1CCN(C(=O)[C@@H]2C[C@H]2c2ccccc2)CC1. The zero-order valence-electron chi connectivity index (χ0n) is 15.9. The lowest BCUT2D eigenvalue weighted by Crippen LogP contribution is -2.51. The lowest BCUT2D eigenvalue weighted by atomic mass is 10.1. The Hall–Kier alpha value is -2.05. The van der Waals surface area contributed by atoms with Crippen molar-refractivity contribution in [3.8, 4) is 0 Å². The second-order valence-electron chi connectivity index (χ2n) is 7.43. The smallest absolute Gasteiger partial charge is 0.233 e. The van der Waals surface area contributed by atoms with Crippen LogP contribution in [0.5, 0.6) is 0 Å². The van der Waals surface area contributed by atoms with E-state index in [4.69, 9.17) is 11.6 Å². The molecule has 2 amide bonds. The minimum Gasteiger partial charge on any atom is -0.339 e. The lowest BCUT2D eigenvalue weighted by Gasteiger charge is -2.35. The van der Waals surface area contributed by atoms with Crippen LogP contribution in [0.2, 0.25) is 5.02 Å². The zero-order chi connectivity index (χ0) is 20.4. The molecule has 2 aromatic carbocycles.